The lowest BCUT2D eigenvalue weighted by molar-refractivity contribution is -0.122. The molecule has 3 aromatic rings. The van der Waals surface area contributed by atoms with E-state index in [0.29, 0.717) is 24.3 Å². The van der Waals surface area contributed by atoms with Crippen molar-refractivity contribution in [2.45, 2.75) is 13.3 Å². The van der Waals surface area contributed by atoms with Gasteiger partial charge < -0.3 is 4.74 Å². The number of thiocarbonyl (C=S) groups is 1. The van der Waals surface area contributed by atoms with Gasteiger partial charge in [-0.3, -0.25) is 19.8 Å². The van der Waals surface area contributed by atoms with Crippen LogP contribution in [0.15, 0.2) is 76.8 Å². The van der Waals surface area contributed by atoms with Gasteiger partial charge in [-0.2, -0.15) is 0 Å². The second kappa shape index (κ2) is 10.8. The molecule has 5 nitrogen and oxygen atoms in total. The fourth-order valence-corrected chi connectivity index (χ4v) is 5.16. The van der Waals surface area contributed by atoms with Crippen LogP contribution < -0.4 is 15.0 Å². The first-order valence-electron chi connectivity index (χ1n) is 10.5. The van der Waals surface area contributed by atoms with E-state index in [1.54, 1.807) is 18.2 Å². The number of carbonyl (C=O) groups is 2. The van der Waals surface area contributed by atoms with Gasteiger partial charge in [0.15, 0.2) is 5.11 Å². The molecule has 3 aromatic carbocycles. The monoisotopic (exact) mass is 646 g/mol. The van der Waals surface area contributed by atoms with E-state index < -0.39 is 11.8 Å². The summed E-state index contributed by atoms with van der Waals surface area (Å²) < 4.78 is 7.96. The maximum atomic E-state index is 13.3. The third-order valence-electron chi connectivity index (χ3n) is 5.23. The lowest BCUT2D eigenvalue weighted by Gasteiger charge is -2.28. The van der Waals surface area contributed by atoms with Gasteiger partial charge in [-0.05, 0) is 89.3 Å². The van der Waals surface area contributed by atoms with Gasteiger partial charge in [0.05, 0.1) is 12.3 Å². The lowest BCUT2D eigenvalue weighted by Crippen LogP contribution is -2.54. The molecule has 34 heavy (non-hydrogen) atoms. The normalized spacial score (nSPS) is 15.0. The molecular weight excluding hydrogens is 627 g/mol. The van der Waals surface area contributed by atoms with Crippen molar-refractivity contribution in [1.82, 2.24) is 5.32 Å². The van der Waals surface area contributed by atoms with Gasteiger partial charge in [0.1, 0.15) is 11.3 Å². The number of hydrogen-bond acceptors (Lipinski definition) is 4. The van der Waals surface area contributed by atoms with Crippen molar-refractivity contribution in [3.05, 3.63) is 97.0 Å². The number of carbonyl (C=O) groups excluding carboxylic acids is 2. The molecule has 0 aromatic heterocycles. The van der Waals surface area contributed by atoms with Crippen molar-refractivity contribution in [2.75, 3.05) is 11.5 Å². The predicted octanol–water partition coefficient (Wildman–Crippen LogP) is 5.87. The average Bonchev–Trinajstić information content (AvgIpc) is 2.81. The molecule has 0 saturated carbocycles. The highest BCUT2D eigenvalue weighted by Gasteiger charge is 2.34. The number of hydrogen-bond donors (Lipinski definition) is 1. The summed E-state index contributed by atoms with van der Waals surface area (Å²) in [7, 11) is 0. The zero-order valence-electron chi connectivity index (χ0n) is 18.2. The Morgan fingerprint density at radius 2 is 1.79 bits per heavy atom. The summed E-state index contributed by atoms with van der Waals surface area (Å²) in [5, 5.41) is 2.69. The minimum atomic E-state index is -0.521. The lowest BCUT2D eigenvalue weighted by atomic mass is 10.0. The van der Waals surface area contributed by atoms with Gasteiger partial charge in [0, 0.05) is 20.0 Å². The Morgan fingerprint density at radius 3 is 2.50 bits per heavy atom. The van der Waals surface area contributed by atoms with E-state index in [1.807, 2.05) is 55.5 Å². The fourth-order valence-electron chi connectivity index (χ4n) is 3.64. The van der Waals surface area contributed by atoms with Gasteiger partial charge in [0.25, 0.3) is 11.8 Å². The number of benzene rings is 3. The zero-order valence-corrected chi connectivity index (χ0v) is 22.7. The number of halogens is 2. The number of nitrogens with zero attached hydrogens (tertiary/aromatic N) is 1. The first kappa shape index (κ1) is 24.6. The number of ether oxygens (including phenoxy) is 1. The van der Waals surface area contributed by atoms with Crippen LogP contribution in [0.2, 0.25) is 0 Å². The molecule has 0 unspecified atom stereocenters. The van der Waals surface area contributed by atoms with Crippen LogP contribution in [0.5, 0.6) is 5.75 Å². The van der Waals surface area contributed by atoms with E-state index in [9.17, 15) is 9.59 Å². The Bertz CT molecular complexity index is 1310. The van der Waals surface area contributed by atoms with Crippen LogP contribution in [0.1, 0.15) is 23.6 Å². The Kier molecular flexibility index (Phi) is 7.80. The molecule has 4 rings (SSSR count). The number of anilines is 1. The summed E-state index contributed by atoms with van der Waals surface area (Å²) in [6, 6.07) is 20.9. The summed E-state index contributed by atoms with van der Waals surface area (Å²) in [6.07, 6.45) is 2.27. The van der Waals surface area contributed by atoms with E-state index in [2.05, 4.69) is 49.9 Å². The summed E-state index contributed by atoms with van der Waals surface area (Å²) in [4.78, 5) is 27.3. The first-order valence-corrected chi connectivity index (χ1v) is 12.8. The van der Waals surface area contributed by atoms with E-state index in [1.165, 1.54) is 4.90 Å². The van der Waals surface area contributed by atoms with Crippen LogP contribution in [0.4, 0.5) is 5.69 Å². The molecule has 0 spiro atoms. The molecule has 1 saturated heterocycles. The largest absolute Gasteiger partial charge is 0.494 e. The highest BCUT2D eigenvalue weighted by atomic mass is 127. The van der Waals surface area contributed by atoms with Crippen LogP contribution in [-0.2, 0) is 16.0 Å². The smallest absolute Gasteiger partial charge is 0.270 e. The molecule has 8 heteroatoms. The maximum Gasteiger partial charge on any atom is 0.270 e. The highest BCUT2D eigenvalue weighted by molar-refractivity contribution is 14.1. The van der Waals surface area contributed by atoms with Crippen molar-refractivity contribution in [2.24, 2.45) is 0 Å². The summed E-state index contributed by atoms with van der Waals surface area (Å²) in [5.74, 6) is -0.270. The third-order valence-corrected chi connectivity index (χ3v) is 7.25. The Labute approximate surface area is 225 Å². The molecule has 0 aliphatic carbocycles. The van der Waals surface area contributed by atoms with E-state index in [4.69, 9.17) is 17.0 Å². The van der Waals surface area contributed by atoms with Crippen molar-refractivity contribution in [1.29, 1.82) is 0 Å². The fraction of sp³-hybridized carbons (Fsp3) is 0.115. The van der Waals surface area contributed by atoms with Gasteiger partial charge in [-0.1, -0.05) is 52.3 Å². The van der Waals surface area contributed by atoms with Crippen LogP contribution in [0, 0.1) is 3.57 Å². The molecule has 1 fully saturated rings. The van der Waals surface area contributed by atoms with Crippen LogP contribution in [0.3, 0.4) is 0 Å². The van der Waals surface area contributed by atoms with Crippen molar-refractivity contribution >= 4 is 79.4 Å². The van der Waals surface area contributed by atoms with Gasteiger partial charge in [-0.25, -0.2) is 0 Å². The molecule has 1 heterocycles. The minimum absolute atomic E-state index is 0.00857. The van der Waals surface area contributed by atoms with Crippen molar-refractivity contribution < 1.29 is 14.3 Å². The van der Waals surface area contributed by atoms with Crippen molar-refractivity contribution in [3.8, 4) is 5.75 Å². The Morgan fingerprint density at radius 1 is 1.09 bits per heavy atom. The van der Waals surface area contributed by atoms with Crippen LogP contribution in [0.25, 0.3) is 6.08 Å². The van der Waals surface area contributed by atoms with Crippen molar-refractivity contribution in [3.63, 3.8) is 0 Å². The summed E-state index contributed by atoms with van der Waals surface area (Å²) in [5.41, 5.74) is 3.48. The maximum absolute atomic E-state index is 13.3. The molecule has 172 valence electrons. The first-order chi connectivity index (χ1) is 16.4. The van der Waals surface area contributed by atoms with Crippen LogP contribution in [-0.4, -0.2) is 23.5 Å². The quantitative estimate of drug-likeness (QED) is 0.157. The van der Waals surface area contributed by atoms with E-state index in [0.717, 1.165) is 24.9 Å². The predicted molar refractivity (Wildman–Crippen MR) is 150 cm³/mol. The highest BCUT2D eigenvalue weighted by Crippen LogP contribution is 2.32. The minimum Gasteiger partial charge on any atom is -0.494 e. The number of nitrogens with one attached hydrogen (secondary N) is 1. The molecule has 1 aliphatic rings. The number of para-hydroxylation sites is 1. The zero-order chi connectivity index (χ0) is 24.2. The molecule has 0 atom stereocenters. The van der Waals surface area contributed by atoms with E-state index in [-0.39, 0.29) is 10.7 Å². The summed E-state index contributed by atoms with van der Waals surface area (Å²) in [6.45, 7) is 2.42. The average molecular weight is 647 g/mol. The Hall–Kier alpha value is -2.56. The standard InChI is InChI=1S/C26H20BrIN2O3S/c1-2-33-23-14-16(13-22(28)19(23)15-17-8-6-7-11-21(17)27)12-20-24(31)29-26(34)30(25(20)32)18-9-4-3-5-10-18/h3-14H,2,15H2,1H3,(H,29,31,34)/b20-12-. The molecular formula is C26H20BrIN2O3S. The summed E-state index contributed by atoms with van der Waals surface area (Å²) >= 11 is 11.2. The molecule has 1 aliphatic heterocycles. The SMILES string of the molecule is CCOc1cc(/C=C2/C(=O)NC(=S)N(c3ccccc3)C2=O)cc(I)c1Cc1ccccc1Br. The Balaban J connectivity index is 1.73. The number of amides is 2. The second-order valence-electron chi connectivity index (χ2n) is 7.47. The molecule has 0 bridgehead atoms. The topological polar surface area (TPSA) is 58.6 Å². The van der Waals surface area contributed by atoms with Gasteiger partial charge in [0.2, 0.25) is 0 Å². The van der Waals surface area contributed by atoms with Gasteiger partial charge in [-0.15, -0.1) is 0 Å². The van der Waals surface area contributed by atoms with E-state index >= 15 is 0 Å². The molecule has 1 N–H and O–H groups in total. The molecule has 2 amide bonds. The molecule has 0 radical (unpaired) electrons. The number of rotatable bonds is 6. The van der Waals surface area contributed by atoms with Gasteiger partial charge >= 0.3 is 0 Å². The third kappa shape index (κ3) is 5.24. The van der Waals surface area contributed by atoms with Crippen LogP contribution >= 0.6 is 50.7 Å². The second-order valence-corrected chi connectivity index (χ2v) is 9.88.